The van der Waals surface area contributed by atoms with Gasteiger partial charge < -0.3 is 0 Å². The van der Waals surface area contributed by atoms with Gasteiger partial charge in [0.2, 0.25) is 0 Å². The maximum absolute atomic E-state index is 2.68. The highest BCUT2D eigenvalue weighted by atomic mass is 28.3. The Hall–Kier alpha value is -0.266. The molecule has 0 spiro atoms. The first-order valence-corrected chi connectivity index (χ1v) is 13.1. The van der Waals surface area contributed by atoms with Crippen molar-refractivity contribution in [2.45, 2.75) is 74.4 Å². The highest BCUT2D eigenvalue weighted by molar-refractivity contribution is 6.82. The Kier molecular flexibility index (Phi) is 23.6. The maximum atomic E-state index is 2.68. The van der Waals surface area contributed by atoms with E-state index in [1.54, 1.807) is 5.20 Å². The van der Waals surface area contributed by atoms with Crippen molar-refractivity contribution in [3.8, 4) is 11.8 Å². The molecule has 104 valence electrons. The van der Waals surface area contributed by atoms with Gasteiger partial charge in [-0.05, 0) is 27.7 Å². The molecule has 0 aliphatic carbocycles. The smallest absolute Gasteiger partial charge is 0.0716 e. The molecule has 0 radical (unpaired) electrons. The summed E-state index contributed by atoms with van der Waals surface area (Å²) in [5, 5.41) is 1.59. The monoisotopic (exact) mass is 272 g/mol. The molecule has 0 aliphatic rings. The first-order valence-electron chi connectivity index (χ1n) is 6.10. The summed E-state index contributed by atoms with van der Waals surface area (Å²) >= 11 is 0. The Bertz CT molecular complexity index is 213. The molecule has 0 amide bonds. The zero-order valence-electron chi connectivity index (χ0n) is 13.2. The number of allylic oxidation sites excluding steroid dienone is 2. The fourth-order valence-electron chi connectivity index (χ4n) is 0.433. The van der Waals surface area contributed by atoms with Gasteiger partial charge in [0, 0.05) is 8.80 Å². The third kappa shape index (κ3) is 38.9. The Morgan fingerprint density at radius 2 is 1.24 bits per heavy atom. The lowest BCUT2D eigenvalue weighted by molar-refractivity contribution is 1.49. The molecule has 0 saturated carbocycles. The molecular weight excluding hydrogens is 236 g/mol. The standard InChI is InChI=1S/C7H16Si.C4H6.C3H10Si.CH4/c1-6-7(2)8(3,4)5;1-3-4-2;1-4(2)3;/h6H,1-5H3;1-2H3;4H,1-3H3;1H4/b7-6+;;;. The van der Waals surface area contributed by atoms with Crippen LogP contribution in [0.1, 0.15) is 35.1 Å². The van der Waals surface area contributed by atoms with E-state index in [0.717, 1.165) is 0 Å². The van der Waals surface area contributed by atoms with Gasteiger partial charge in [0.25, 0.3) is 0 Å². The van der Waals surface area contributed by atoms with Gasteiger partial charge in [-0.15, -0.1) is 11.8 Å². The molecule has 0 aromatic carbocycles. The van der Waals surface area contributed by atoms with Gasteiger partial charge in [-0.2, -0.15) is 0 Å². The van der Waals surface area contributed by atoms with Crippen molar-refractivity contribution >= 4 is 16.9 Å². The molecular formula is C15H36Si2. The lowest BCUT2D eigenvalue weighted by Crippen LogP contribution is -2.21. The molecule has 0 heterocycles. The number of rotatable bonds is 1. The van der Waals surface area contributed by atoms with Crippen molar-refractivity contribution in [2.24, 2.45) is 0 Å². The third-order valence-electron chi connectivity index (χ3n) is 1.87. The van der Waals surface area contributed by atoms with Crippen LogP contribution in [-0.2, 0) is 0 Å². The number of hydrogen-bond acceptors (Lipinski definition) is 0. The average Bonchev–Trinajstić information content (AvgIpc) is 2.14. The van der Waals surface area contributed by atoms with Gasteiger partial charge in [-0.25, -0.2) is 0 Å². The van der Waals surface area contributed by atoms with Gasteiger partial charge in [0.1, 0.15) is 0 Å². The van der Waals surface area contributed by atoms with Crippen molar-refractivity contribution in [2.75, 3.05) is 0 Å². The Labute approximate surface area is 115 Å². The van der Waals surface area contributed by atoms with Crippen LogP contribution in [0.25, 0.3) is 0 Å². The molecule has 0 fully saturated rings. The zero-order valence-corrected chi connectivity index (χ0v) is 15.3. The zero-order chi connectivity index (χ0) is 13.8. The summed E-state index contributed by atoms with van der Waals surface area (Å²) in [6, 6.07) is 0. The molecule has 0 bridgehead atoms. The minimum absolute atomic E-state index is 0. The van der Waals surface area contributed by atoms with Crippen molar-refractivity contribution in [1.29, 1.82) is 0 Å². The summed E-state index contributed by atoms with van der Waals surface area (Å²) in [6.07, 6.45) is 2.23. The van der Waals surface area contributed by atoms with Crippen molar-refractivity contribution in [3.05, 3.63) is 11.3 Å². The Balaban J connectivity index is -0.0000000806. The SMILES string of the molecule is C.C/C=C(\C)[Si](C)(C)C.CC#CC.C[SiH](C)C. The highest BCUT2D eigenvalue weighted by Gasteiger charge is 2.13. The van der Waals surface area contributed by atoms with E-state index in [2.05, 4.69) is 71.0 Å². The highest BCUT2D eigenvalue weighted by Crippen LogP contribution is 2.11. The van der Waals surface area contributed by atoms with Crippen molar-refractivity contribution in [1.82, 2.24) is 0 Å². The summed E-state index contributed by atoms with van der Waals surface area (Å²) < 4.78 is 0. The quantitative estimate of drug-likeness (QED) is 0.430. The lowest BCUT2D eigenvalue weighted by Gasteiger charge is -2.15. The van der Waals surface area contributed by atoms with Gasteiger partial charge >= 0.3 is 0 Å². The van der Waals surface area contributed by atoms with Crippen molar-refractivity contribution in [3.63, 3.8) is 0 Å². The lowest BCUT2D eigenvalue weighted by atomic mass is 10.6. The van der Waals surface area contributed by atoms with Crippen LogP contribution < -0.4 is 0 Å². The second-order valence-corrected chi connectivity index (χ2v) is 14.2. The van der Waals surface area contributed by atoms with Crippen LogP contribution >= 0.6 is 0 Å². The minimum atomic E-state index is -0.899. The molecule has 0 aromatic heterocycles. The van der Waals surface area contributed by atoms with Crippen LogP contribution in [-0.4, -0.2) is 16.9 Å². The van der Waals surface area contributed by atoms with Crippen LogP contribution in [0.3, 0.4) is 0 Å². The maximum Gasteiger partial charge on any atom is 0.0716 e. The van der Waals surface area contributed by atoms with Gasteiger partial charge in [-0.1, -0.05) is 58.0 Å². The minimum Gasteiger partial charge on any atom is -0.107 e. The fourth-order valence-corrected chi connectivity index (χ4v) is 1.30. The first kappa shape index (κ1) is 25.5. The molecule has 17 heavy (non-hydrogen) atoms. The summed E-state index contributed by atoms with van der Waals surface area (Å²) in [5.74, 6) is 5.36. The topological polar surface area (TPSA) is 0 Å². The average molecular weight is 273 g/mol. The molecule has 0 N–H and O–H groups in total. The van der Waals surface area contributed by atoms with E-state index in [4.69, 9.17) is 0 Å². The predicted molar refractivity (Wildman–Crippen MR) is 93.4 cm³/mol. The summed E-state index contributed by atoms with van der Waals surface area (Å²) in [5.41, 5.74) is 0. The van der Waals surface area contributed by atoms with E-state index in [0.29, 0.717) is 0 Å². The Morgan fingerprint density at radius 3 is 1.24 bits per heavy atom. The van der Waals surface area contributed by atoms with Crippen LogP contribution in [0.4, 0.5) is 0 Å². The van der Waals surface area contributed by atoms with E-state index in [-0.39, 0.29) is 16.2 Å². The summed E-state index contributed by atoms with van der Waals surface area (Å²) in [6.45, 7) is 22.0. The molecule has 0 saturated heterocycles. The van der Waals surface area contributed by atoms with Gasteiger partial charge in [0.15, 0.2) is 0 Å². The second-order valence-electron chi connectivity index (χ2n) is 5.45. The molecule has 0 unspecified atom stereocenters. The molecule has 0 rings (SSSR count). The predicted octanol–water partition coefficient (Wildman–Crippen LogP) is 5.60. The first-order chi connectivity index (χ1) is 7.13. The molecule has 0 nitrogen and oxygen atoms in total. The third-order valence-corrected chi connectivity index (χ3v) is 4.52. The van der Waals surface area contributed by atoms with Crippen LogP contribution in [0, 0.1) is 11.8 Å². The normalized spacial score (nSPS) is 9.71. The van der Waals surface area contributed by atoms with Crippen LogP contribution in [0.5, 0.6) is 0 Å². The van der Waals surface area contributed by atoms with Crippen LogP contribution in [0.2, 0.25) is 39.3 Å². The second kappa shape index (κ2) is 15.7. The van der Waals surface area contributed by atoms with E-state index >= 15 is 0 Å². The van der Waals surface area contributed by atoms with E-state index in [1.807, 2.05) is 13.8 Å². The van der Waals surface area contributed by atoms with Crippen molar-refractivity contribution < 1.29 is 0 Å². The largest absolute Gasteiger partial charge is 0.107 e. The Morgan fingerprint density at radius 1 is 1.00 bits per heavy atom. The molecule has 0 atom stereocenters. The van der Waals surface area contributed by atoms with E-state index in [1.165, 1.54) is 0 Å². The van der Waals surface area contributed by atoms with E-state index in [9.17, 15) is 0 Å². The molecule has 2 heteroatoms. The number of hydrogen-bond donors (Lipinski definition) is 0. The fraction of sp³-hybridized carbons (Fsp3) is 0.733. The van der Waals surface area contributed by atoms with Crippen LogP contribution in [0.15, 0.2) is 11.3 Å². The van der Waals surface area contributed by atoms with Gasteiger partial charge in [0.05, 0.1) is 8.07 Å². The summed E-state index contributed by atoms with van der Waals surface area (Å²) in [4.78, 5) is 0. The molecule has 0 aliphatic heterocycles. The summed E-state index contributed by atoms with van der Waals surface area (Å²) in [7, 11) is -1.04. The van der Waals surface area contributed by atoms with Gasteiger partial charge in [-0.3, -0.25) is 0 Å². The molecule has 0 aromatic rings. The van der Waals surface area contributed by atoms with E-state index < -0.39 is 8.07 Å².